The number of hydrogen-bond acceptors (Lipinski definition) is 8. The minimum atomic E-state index is -3.14. The third-order valence-electron chi connectivity index (χ3n) is 3.61. The molecule has 3 rings (SSSR count). The van der Waals surface area contributed by atoms with Crippen molar-refractivity contribution in [2.75, 3.05) is 17.2 Å². The first-order valence-electron chi connectivity index (χ1n) is 8.33. The maximum absolute atomic E-state index is 13.4. The second kappa shape index (κ2) is 9.02. The van der Waals surface area contributed by atoms with Crippen LogP contribution in [-0.2, 0) is 0 Å². The van der Waals surface area contributed by atoms with E-state index in [1.807, 2.05) is 0 Å². The number of hydrogen-bond donors (Lipinski definition) is 3. The summed E-state index contributed by atoms with van der Waals surface area (Å²) in [5.74, 6) is -0.861. The third kappa shape index (κ3) is 5.83. The molecule has 1 heterocycles. The summed E-state index contributed by atoms with van der Waals surface area (Å²) in [7, 11) is 0. The number of aromatic nitrogens is 2. The summed E-state index contributed by atoms with van der Waals surface area (Å²) >= 11 is 0. The fourth-order valence-electron chi connectivity index (χ4n) is 2.12. The summed E-state index contributed by atoms with van der Waals surface area (Å²) in [6.45, 7) is -3.25. The minimum Gasteiger partial charge on any atom is -0.457 e. The highest BCUT2D eigenvalue weighted by Crippen LogP contribution is 2.25. The lowest BCUT2D eigenvalue weighted by molar-refractivity contribution is -0.0521. The molecule has 0 aliphatic heterocycles. The maximum atomic E-state index is 13.4. The standard InChI is InChI=1S/C17H17F3N6O2/c18-13-4-3-11(7-14(13)28-16(19)20)23-8-12(26-21)9-27-17-22-6-5-15(25-17)24-10-1-2-10/h3-8,10,16,21,23H,1-2,9H2,(H,22,24,25)/b12-8-,26-21?. The van der Waals surface area contributed by atoms with Gasteiger partial charge in [0, 0.05) is 30.2 Å². The van der Waals surface area contributed by atoms with Crippen molar-refractivity contribution in [3.8, 4) is 11.8 Å². The fourth-order valence-corrected chi connectivity index (χ4v) is 2.12. The van der Waals surface area contributed by atoms with E-state index in [0.29, 0.717) is 11.9 Å². The quantitative estimate of drug-likeness (QED) is 0.523. The highest BCUT2D eigenvalue weighted by Gasteiger charge is 2.21. The van der Waals surface area contributed by atoms with Gasteiger partial charge in [0.1, 0.15) is 18.1 Å². The molecular formula is C17H17F3N6O2. The lowest BCUT2D eigenvalue weighted by atomic mass is 10.3. The first-order valence-corrected chi connectivity index (χ1v) is 8.33. The average Bonchev–Trinajstić information content (AvgIpc) is 3.48. The van der Waals surface area contributed by atoms with Crippen molar-refractivity contribution in [3.63, 3.8) is 0 Å². The summed E-state index contributed by atoms with van der Waals surface area (Å²) < 4.78 is 47.5. The largest absolute Gasteiger partial charge is 0.457 e. The molecule has 1 fully saturated rings. The number of benzene rings is 1. The first-order chi connectivity index (χ1) is 13.5. The molecule has 1 saturated carbocycles. The van der Waals surface area contributed by atoms with Crippen LogP contribution in [0.2, 0.25) is 0 Å². The van der Waals surface area contributed by atoms with Gasteiger partial charge in [0.25, 0.3) is 0 Å². The lowest BCUT2D eigenvalue weighted by Gasteiger charge is -2.09. The van der Waals surface area contributed by atoms with Crippen LogP contribution in [-0.4, -0.2) is 29.2 Å². The van der Waals surface area contributed by atoms with E-state index in [9.17, 15) is 13.2 Å². The van der Waals surface area contributed by atoms with Gasteiger partial charge in [-0.25, -0.2) is 14.9 Å². The Morgan fingerprint density at radius 1 is 1.36 bits per heavy atom. The molecule has 1 aromatic carbocycles. The summed E-state index contributed by atoms with van der Waals surface area (Å²) in [5, 5.41) is 9.25. The molecule has 0 spiro atoms. The molecule has 0 unspecified atom stereocenters. The van der Waals surface area contributed by atoms with E-state index in [2.05, 4.69) is 30.5 Å². The molecule has 0 saturated heterocycles. The number of ether oxygens (including phenoxy) is 2. The van der Waals surface area contributed by atoms with Crippen LogP contribution in [0.5, 0.6) is 11.8 Å². The van der Waals surface area contributed by atoms with Gasteiger partial charge in [-0.1, -0.05) is 0 Å². The van der Waals surface area contributed by atoms with E-state index in [4.69, 9.17) is 10.3 Å². The van der Waals surface area contributed by atoms with Crippen molar-refractivity contribution in [1.82, 2.24) is 9.97 Å². The highest BCUT2D eigenvalue weighted by atomic mass is 19.3. The molecule has 1 aromatic heterocycles. The Balaban J connectivity index is 1.59. The Morgan fingerprint density at radius 3 is 2.89 bits per heavy atom. The van der Waals surface area contributed by atoms with Crippen LogP contribution in [0.15, 0.2) is 47.5 Å². The number of alkyl halides is 2. The van der Waals surface area contributed by atoms with Crippen molar-refractivity contribution < 1.29 is 22.6 Å². The van der Waals surface area contributed by atoms with Crippen LogP contribution < -0.4 is 20.1 Å². The number of halogens is 3. The summed E-state index contributed by atoms with van der Waals surface area (Å²) in [6.07, 6.45) is 5.07. The van der Waals surface area contributed by atoms with Crippen LogP contribution >= 0.6 is 0 Å². The second-order valence-electron chi connectivity index (χ2n) is 5.85. The molecule has 28 heavy (non-hydrogen) atoms. The van der Waals surface area contributed by atoms with Crippen LogP contribution in [0, 0.1) is 11.3 Å². The Hall–Kier alpha value is -3.37. The lowest BCUT2D eigenvalue weighted by Crippen LogP contribution is -2.07. The van der Waals surface area contributed by atoms with Crippen LogP contribution in [0.4, 0.5) is 24.7 Å². The molecule has 0 radical (unpaired) electrons. The molecule has 3 N–H and O–H groups in total. The molecule has 2 aromatic rings. The fraction of sp³-hybridized carbons (Fsp3) is 0.294. The van der Waals surface area contributed by atoms with Crippen molar-refractivity contribution in [1.29, 1.82) is 5.53 Å². The van der Waals surface area contributed by atoms with E-state index in [-0.39, 0.29) is 24.0 Å². The molecular weight excluding hydrogens is 377 g/mol. The Labute approximate surface area is 158 Å². The van der Waals surface area contributed by atoms with Gasteiger partial charge in [0.2, 0.25) is 0 Å². The molecule has 0 bridgehead atoms. The van der Waals surface area contributed by atoms with Crippen molar-refractivity contribution in [2.24, 2.45) is 5.11 Å². The molecule has 11 heteroatoms. The number of rotatable bonds is 10. The van der Waals surface area contributed by atoms with Crippen LogP contribution in [0.1, 0.15) is 12.8 Å². The number of nitrogens with one attached hydrogen (secondary N) is 3. The van der Waals surface area contributed by atoms with Gasteiger partial charge in [-0.3, -0.25) is 0 Å². The average molecular weight is 394 g/mol. The van der Waals surface area contributed by atoms with Gasteiger partial charge in [0.05, 0.1) is 0 Å². The Morgan fingerprint density at radius 2 is 2.18 bits per heavy atom. The zero-order valence-corrected chi connectivity index (χ0v) is 14.5. The van der Waals surface area contributed by atoms with Gasteiger partial charge in [-0.2, -0.15) is 18.9 Å². The van der Waals surface area contributed by atoms with Gasteiger partial charge in [-0.15, -0.1) is 0 Å². The molecule has 1 aliphatic rings. The topological polar surface area (TPSA) is 105 Å². The highest BCUT2D eigenvalue weighted by molar-refractivity contribution is 5.51. The van der Waals surface area contributed by atoms with E-state index in [1.165, 1.54) is 12.3 Å². The van der Waals surface area contributed by atoms with Gasteiger partial charge in [-0.05, 0) is 31.0 Å². The predicted octanol–water partition coefficient (Wildman–Crippen LogP) is 4.15. The van der Waals surface area contributed by atoms with E-state index < -0.39 is 18.2 Å². The molecule has 148 valence electrons. The normalized spacial score (nSPS) is 13.9. The Bertz CT molecular complexity index is 861. The second-order valence-corrected chi connectivity index (χ2v) is 5.85. The monoisotopic (exact) mass is 394 g/mol. The van der Waals surface area contributed by atoms with E-state index in [1.54, 1.807) is 12.3 Å². The maximum Gasteiger partial charge on any atom is 0.387 e. The zero-order chi connectivity index (χ0) is 19.9. The van der Waals surface area contributed by atoms with Crippen LogP contribution in [0.3, 0.4) is 0 Å². The summed E-state index contributed by atoms with van der Waals surface area (Å²) in [5.41, 5.74) is 7.64. The molecule has 1 aliphatic carbocycles. The van der Waals surface area contributed by atoms with Gasteiger partial charge in [0.15, 0.2) is 11.6 Å². The van der Waals surface area contributed by atoms with Crippen LogP contribution in [0.25, 0.3) is 0 Å². The van der Waals surface area contributed by atoms with E-state index in [0.717, 1.165) is 25.0 Å². The van der Waals surface area contributed by atoms with Gasteiger partial charge >= 0.3 is 12.6 Å². The first kappa shape index (κ1) is 19.4. The summed E-state index contributed by atoms with van der Waals surface area (Å²) in [4.78, 5) is 8.19. The minimum absolute atomic E-state index is 0.106. The smallest absolute Gasteiger partial charge is 0.387 e. The predicted molar refractivity (Wildman–Crippen MR) is 94.1 cm³/mol. The Kier molecular flexibility index (Phi) is 6.25. The van der Waals surface area contributed by atoms with Gasteiger partial charge < -0.3 is 20.1 Å². The number of nitrogens with zero attached hydrogens (tertiary/aromatic N) is 3. The molecule has 0 amide bonds. The van der Waals surface area contributed by atoms with Crippen molar-refractivity contribution in [3.05, 3.63) is 48.2 Å². The molecule has 0 atom stereocenters. The van der Waals surface area contributed by atoms with Crippen molar-refractivity contribution >= 4 is 11.5 Å². The van der Waals surface area contributed by atoms with E-state index >= 15 is 0 Å². The zero-order valence-electron chi connectivity index (χ0n) is 14.5. The third-order valence-corrected chi connectivity index (χ3v) is 3.61. The SMILES string of the molecule is N=N/C(=C\Nc1ccc(F)c(OC(F)F)c1)COc1nccc(NC2CC2)n1. The van der Waals surface area contributed by atoms with Crippen molar-refractivity contribution in [2.45, 2.75) is 25.5 Å². The number of anilines is 2. The molecule has 8 nitrogen and oxygen atoms in total. The summed E-state index contributed by atoms with van der Waals surface area (Å²) in [6, 6.07) is 5.65.